The second kappa shape index (κ2) is 7.07. The quantitative estimate of drug-likeness (QED) is 0.732. The van der Waals surface area contributed by atoms with Crippen molar-refractivity contribution >= 4 is 5.91 Å². The van der Waals surface area contributed by atoms with Crippen LogP contribution in [-0.2, 0) is 14.3 Å². The summed E-state index contributed by atoms with van der Waals surface area (Å²) in [4.78, 5) is 14.4. The normalized spacial score (nSPS) is 19.8. The Kier molecular flexibility index (Phi) is 6.05. The minimum Gasteiger partial charge on any atom is -0.383 e. The Hall–Kier alpha value is -0.650. The van der Waals surface area contributed by atoms with Gasteiger partial charge in [-0.3, -0.25) is 4.79 Å². The van der Waals surface area contributed by atoms with E-state index >= 15 is 0 Å². The van der Waals surface area contributed by atoms with Crippen molar-refractivity contribution < 1.29 is 14.3 Å². The summed E-state index contributed by atoms with van der Waals surface area (Å²) in [6, 6.07) is 0.0266. The van der Waals surface area contributed by atoms with Gasteiger partial charge in [0.1, 0.15) is 0 Å². The van der Waals surface area contributed by atoms with E-state index in [2.05, 4.69) is 0 Å². The van der Waals surface area contributed by atoms with E-state index in [1.807, 2.05) is 6.92 Å². The zero-order valence-corrected chi connectivity index (χ0v) is 11.8. The maximum absolute atomic E-state index is 12.6. The van der Waals surface area contributed by atoms with E-state index in [9.17, 15) is 4.79 Å². The lowest BCUT2D eigenvalue weighted by Crippen LogP contribution is -2.57. The van der Waals surface area contributed by atoms with Gasteiger partial charge in [0.15, 0.2) is 0 Å². The van der Waals surface area contributed by atoms with Gasteiger partial charge >= 0.3 is 0 Å². The Balaban J connectivity index is 2.71. The third kappa shape index (κ3) is 3.67. The van der Waals surface area contributed by atoms with Crippen LogP contribution in [-0.4, -0.2) is 56.4 Å². The van der Waals surface area contributed by atoms with Crippen molar-refractivity contribution in [1.29, 1.82) is 0 Å². The molecule has 0 radical (unpaired) electrons. The van der Waals surface area contributed by atoms with Gasteiger partial charge in [-0.1, -0.05) is 12.8 Å². The van der Waals surface area contributed by atoms with Crippen LogP contribution in [0.25, 0.3) is 0 Å². The fourth-order valence-corrected chi connectivity index (χ4v) is 2.55. The van der Waals surface area contributed by atoms with Crippen LogP contribution in [0.3, 0.4) is 0 Å². The smallest absolute Gasteiger partial charge is 0.243 e. The Bertz CT molecular complexity index is 265. The van der Waals surface area contributed by atoms with Crippen molar-refractivity contribution in [3.63, 3.8) is 0 Å². The topological polar surface area (TPSA) is 64.8 Å². The summed E-state index contributed by atoms with van der Waals surface area (Å²) in [6.07, 6.45) is 3.65. The van der Waals surface area contributed by atoms with Gasteiger partial charge in [0.2, 0.25) is 5.91 Å². The largest absolute Gasteiger partial charge is 0.383 e. The molecule has 0 bridgehead atoms. The number of carbonyl (C=O) groups is 1. The van der Waals surface area contributed by atoms with Gasteiger partial charge in [0.05, 0.1) is 24.8 Å². The molecule has 1 saturated carbocycles. The van der Waals surface area contributed by atoms with Crippen molar-refractivity contribution in [1.82, 2.24) is 4.90 Å². The Morgan fingerprint density at radius 2 is 1.94 bits per heavy atom. The van der Waals surface area contributed by atoms with E-state index in [0.717, 1.165) is 25.7 Å². The van der Waals surface area contributed by atoms with E-state index in [1.54, 1.807) is 19.1 Å². The van der Waals surface area contributed by atoms with Gasteiger partial charge < -0.3 is 20.1 Å². The van der Waals surface area contributed by atoms with E-state index in [-0.39, 0.29) is 11.9 Å². The van der Waals surface area contributed by atoms with Crippen LogP contribution in [0.4, 0.5) is 0 Å². The summed E-state index contributed by atoms with van der Waals surface area (Å²) in [7, 11) is 3.28. The highest BCUT2D eigenvalue weighted by Crippen LogP contribution is 2.29. The van der Waals surface area contributed by atoms with Crippen molar-refractivity contribution in [2.75, 3.05) is 34.0 Å². The van der Waals surface area contributed by atoms with Crippen LogP contribution in [0.15, 0.2) is 0 Å². The molecule has 0 aromatic carbocycles. The predicted octanol–water partition coefficient (Wildman–Crippen LogP) is 0.768. The molecule has 0 spiro atoms. The number of nitrogens with two attached hydrogens (primary N) is 1. The minimum absolute atomic E-state index is 0.0266. The number of amides is 1. The van der Waals surface area contributed by atoms with E-state index < -0.39 is 5.54 Å². The highest BCUT2D eigenvalue weighted by atomic mass is 16.5. The van der Waals surface area contributed by atoms with E-state index in [4.69, 9.17) is 15.2 Å². The summed E-state index contributed by atoms with van der Waals surface area (Å²) in [6.45, 7) is 3.59. The monoisotopic (exact) mass is 258 g/mol. The van der Waals surface area contributed by atoms with Crippen molar-refractivity contribution in [2.24, 2.45) is 5.73 Å². The molecule has 0 aromatic rings. The van der Waals surface area contributed by atoms with Crippen molar-refractivity contribution in [3.8, 4) is 0 Å². The number of rotatable bonds is 7. The maximum Gasteiger partial charge on any atom is 0.243 e. The van der Waals surface area contributed by atoms with Crippen LogP contribution in [0.5, 0.6) is 0 Å². The zero-order chi connectivity index (χ0) is 13.6. The van der Waals surface area contributed by atoms with E-state index in [0.29, 0.717) is 19.8 Å². The Morgan fingerprint density at radius 3 is 2.44 bits per heavy atom. The fraction of sp³-hybridized carbons (Fsp3) is 0.923. The predicted molar refractivity (Wildman–Crippen MR) is 70.3 cm³/mol. The molecule has 1 aliphatic rings. The van der Waals surface area contributed by atoms with Crippen LogP contribution < -0.4 is 5.73 Å². The number of methoxy groups -OCH3 is 2. The minimum atomic E-state index is -0.671. The van der Waals surface area contributed by atoms with Gasteiger partial charge in [-0.2, -0.15) is 0 Å². The highest BCUT2D eigenvalue weighted by molar-refractivity contribution is 5.86. The first kappa shape index (κ1) is 15.4. The molecule has 5 heteroatoms. The SMILES string of the molecule is COCCN(C(=O)C1(N)CCCC1)C(C)COC. The van der Waals surface area contributed by atoms with Crippen LogP contribution in [0.2, 0.25) is 0 Å². The second-order valence-corrected chi connectivity index (χ2v) is 5.16. The molecule has 1 unspecified atom stereocenters. The Labute approximate surface area is 110 Å². The summed E-state index contributed by atoms with van der Waals surface area (Å²) in [5.74, 6) is 0.0431. The summed E-state index contributed by atoms with van der Waals surface area (Å²) in [5.41, 5.74) is 5.57. The third-order valence-electron chi connectivity index (χ3n) is 3.66. The molecule has 1 aliphatic carbocycles. The Morgan fingerprint density at radius 1 is 1.33 bits per heavy atom. The molecule has 0 heterocycles. The first-order valence-corrected chi connectivity index (χ1v) is 6.63. The molecule has 0 aromatic heterocycles. The standard InChI is InChI=1S/C13H26N2O3/c1-11(10-18-3)15(8-9-17-2)12(16)13(14)6-4-5-7-13/h11H,4-10,14H2,1-3H3. The van der Waals surface area contributed by atoms with Crippen LogP contribution in [0, 0.1) is 0 Å². The molecular weight excluding hydrogens is 232 g/mol. The van der Waals surface area contributed by atoms with Crippen molar-refractivity contribution in [2.45, 2.75) is 44.2 Å². The van der Waals surface area contributed by atoms with Gasteiger partial charge in [-0.05, 0) is 19.8 Å². The molecule has 1 fully saturated rings. The number of hydrogen-bond donors (Lipinski definition) is 1. The van der Waals surface area contributed by atoms with Crippen molar-refractivity contribution in [3.05, 3.63) is 0 Å². The summed E-state index contributed by atoms with van der Waals surface area (Å²) < 4.78 is 10.2. The lowest BCUT2D eigenvalue weighted by Gasteiger charge is -2.35. The molecule has 1 rings (SSSR count). The highest BCUT2D eigenvalue weighted by Gasteiger charge is 2.40. The fourth-order valence-electron chi connectivity index (χ4n) is 2.55. The summed E-state index contributed by atoms with van der Waals surface area (Å²) in [5, 5.41) is 0. The molecule has 2 N–H and O–H groups in total. The lowest BCUT2D eigenvalue weighted by atomic mass is 9.96. The van der Waals surface area contributed by atoms with Gasteiger partial charge in [0, 0.05) is 20.8 Å². The number of hydrogen-bond acceptors (Lipinski definition) is 4. The zero-order valence-electron chi connectivity index (χ0n) is 11.8. The van der Waals surface area contributed by atoms with Gasteiger partial charge in [-0.25, -0.2) is 0 Å². The molecule has 0 aliphatic heterocycles. The summed E-state index contributed by atoms with van der Waals surface area (Å²) >= 11 is 0. The lowest BCUT2D eigenvalue weighted by molar-refractivity contribution is -0.140. The number of nitrogens with zero attached hydrogens (tertiary/aromatic N) is 1. The van der Waals surface area contributed by atoms with Gasteiger partial charge in [0.25, 0.3) is 0 Å². The molecule has 18 heavy (non-hydrogen) atoms. The molecule has 1 amide bonds. The molecule has 1 atom stereocenters. The second-order valence-electron chi connectivity index (χ2n) is 5.16. The number of ether oxygens (including phenoxy) is 2. The van der Waals surface area contributed by atoms with Gasteiger partial charge in [-0.15, -0.1) is 0 Å². The molecule has 0 saturated heterocycles. The third-order valence-corrected chi connectivity index (χ3v) is 3.66. The van der Waals surface area contributed by atoms with Crippen LogP contribution >= 0.6 is 0 Å². The first-order valence-electron chi connectivity index (χ1n) is 6.63. The average molecular weight is 258 g/mol. The first-order chi connectivity index (χ1) is 8.55. The molecular formula is C13H26N2O3. The molecule has 106 valence electrons. The van der Waals surface area contributed by atoms with Crippen LogP contribution in [0.1, 0.15) is 32.6 Å². The number of carbonyl (C=O) groups excluding carboxylic acids is 1. The average Bonchev–Trinajstić information content (AvgIpc) is 2.78. The maximum atomic E-state index is 12.6. The van der Waals surface area contributed by atoms with E-state index in [1.165, 1.54) is 0 Å². The molecule has 5 nitrogen and oxygen atoms in total.